The third-order valence-electron chi connectivity index (χ3n) is 2.92. The predicted molar refractivity (Wildman–Crippen MR) is 69.1 cm³/mol. The molecule has 86 valence electrons. The average Bonchev–Trinajstić information content (AvgIpc) is 2.17. The first kappa shape index (κ1) is 11.5. The fourth-order valence-electron chi connectivity index (χ4n) is 1.98. The molecule has 1 aliphatic heterocycles. The van der Waals surface area contributed by atoms with Gasteiger partial charge in [-0.3, -0.25) is 4.79 Å². The summed E-state index contributed by atoms with van der Waals surface area (Å²) in [4.78, 5) is 12.5. The summed E-state index contributed by atoms with van der Waals surface area (Å²) in [6.07, 6.45) is 0.592. The molecule has 1 atom stereocenters. The summed E-state index contributed by atoms with van der Waals surface area (Å²) in [7, 11) is 0. The number of anilines is 1. The Bertz CT molecular complexity index is 414. The van der Waals surface area contributed by atoms with E-state index >= 15 is 0 Å². The zero-order valence-corrected chi connectivity index (χ0v) is 10.7. The van der Waals surface area contributed by atoms with Crippen LogP contribution >= 0.6 is 11.8 Å². The van der Waals surface area contributed by atoms with E-state index in [-0.39, 0.29) is 16.6 Å². The smallest absolute Gasteiger partial charge is 0.131 e. The molecule has 0 fully saturated rings. The van der Waals surface area contributed by atoms with Gasteiger partial charge in [0.1, 0.15) is 5.78 Å². The second kappa shape index (κ2) is 4.13. The highest BCUT2D eigenvalue weighted by atomic mass is 32.2. The van der Waals surface area contributed by atoms with E-state index in [1.165, 1.54) is 4.90 Å². The predicted octanol–water partition coefficient (Wildman–Crippen LogP) is 3.33. The third-order valence-corrected chi connectivity index (χ3v) is 4.31. The fourth-order valence-corrected chi connectivity index (χ4v) is 3.21. The second-order valence-electron chi connectivity index (χ2n) is 4.80. The number of benzene rings is 1. The maximum atomic E-state index is 11.3. The Balaban J connectivity index is 2.28. The van der Waals surface area contributed by atoms with E-state index in [0.29, 0.717) is 6.42 Å². The van der Waals surface area contributed by atoms with Crippen LogP contribution in [0.15, 0.2) is 29.2 Å². The van der Waals surface area contributed by atoms with Gasteiger partial charge in [0.2, 0.25) is 0 Å². The van der Waals surface area contributed by atoms with Crippen LogP contribution in [0, 0.1) is 0 Å². The van der Waals surface area contributed by atoms with Crippen molar-refractivity contribution in [1.82, 2.24) is 0 Å². The van der Waals surface area contributed by atoms with E-state index in [2.05, 4.69) is 37.4 Å². The number of rotatable bonds is 2. The molecule has 0 aromatic heterocycles. The van der Waals surface area contributed by atoms with E-state index in [1.807, 2.05) is 17.8 Å². The maximum Gasteiger partial charge on any atom is 0.131 e. The number of nitrogens with one attached hydrogen (secondary N) is 1. The first-order chi connectivity index (χ1) is 7.49. The third kappa shape index (κ3) is 2.24. The van der Waals surface area contributed by atoms with Crippen LogP contribution in [0.25, 0.3) is 0 Å². The van der Waals surface area contributed by atoms with Gasteiger partial charge in [0.05, 0.1) is 0 Å². The minimum Gasteiger partial charge on any atom is -0.380 e. The zero-order chi connectivity index (χ0) is 11.8. The molecular formula is C13H17NOS. The molecule has 0 saturated heterocycles. The fraction of sp³-hybridized carbons (Fsp3) is 0.462. The number of hydrogen-bond donors (Lipinski definition) is 1. The number of thioether (sulfide) groups is 1. The summed E-state index contributed by atoms with van der Waals surface area (Å²) in [5.74, 6) is 0.241. The summed E-state index contributed by atoms with van der Waals surface area (Å²) in [6.45, 7) is 6.03. The van der Waals surface area contributed by atoms with Crippen molar-refractivity contribution in [2.75, 3.05) is 5.32 Å². The number of fused-ring (bicyclic) bond motifs is 1. The summed E-state index contributed by atoms with van der Waals surface area (Å²) in [6, 6.07) is 8.48. The first-order valence-corrected chi connectivity index (χ1v) is 6.35. The molecule has 1 aromatic carbocycles. The Labute approximate surface area is 101 Å². The molecule has 0 unspecified atom stereocenters. The van der Waals surface area contributed by atoms with Gasteiger partial charge in [0.25, 0.3) is 0 Å². The van der Waals surface area contributed by atoms with E-state index in [1.54, 1.807) is 6.92 Å². The van der Waals surface area contributed by atoms with Crippen molar-refractivity contribution in [2.24, 2.45) is 0 Å². The highest BCUT2D eigenvalue weighted by Crippen LogP contribution is 2.45. The minimum absolute atomic E-state index is 0.0556. The Hall–Kier alpha value is -0.960. The zero-order valence-electron chi connectivity index (χ0n) is 9.91. The molecule has 1 aliphatic rings. The van der Waals surface area contributed by atoms with Crippen LogP contribution in [0.5, 0.6) is 0 Å². The van der Waals surface area contributed by atoms with Crippen molar-refractivity contribution < 1.29 is 4.79 Å². The quantitative estimate of drug-likeness (QED) is 0.852. The average molecular weight is 235 g/mol. The van der Waals surface area contributed by atoms with Crippen molar-refractivity contribution in [2.45, 2.75) is 42.9 Å². The lowest BCUT2D eigenvalue weighted by Gasteiger charge is -2.39. The number of Topliss-reactive ketones (excluding diaryl/α,β-unsaturated/α-hetero) is 1. The SMILES string of the molecule is CC(=O)C[C@H]1Nc2ccccc2SC1(C)C. The molecule has 2 rings (SSSR count). The van der Waals surface area contributed by atoms with Gasteiger partial charge in [-0.15, -0.1) is 11.8 Å². The van der Waals surface area contributed by atoms with Crippen LogP contribution in [0.1, 0.15) is 27.2 Å². The summed E-state index contributed by atoms with van der Waals surface area (Å²) in [5, 5.41) is 3.48. The topological polar surface area (TPSA) is 29.1 Å². The van der Waals surface area contributed by atoms with E-state index in [4.69, 9.17) is 0 Å². The lowest BCUT2D eigenvalue weighted by molar-refractivity contribution is -0.117. The normalized spacial score (nSPS) is 22.1. The molecule has 0 saturated carbocycles. The molecule has 0 radical (unpaired) electrons. The minimum atomic E-state index is 0.0556. The highest BCUT2D eigenvalue weighted by Gasteiger charge is 2.35. The van der Waals surface area contributed by atoms with Crippen LogP contribution in [0.2, 0.25) is 0 Å². The number of para-hydroxylation sites is 1. The molecule has 1 N–H and O–H groups in total. The van der Waals surface area contributed by atoms with Gasteiger partial charge in [0.15, 0.2) is 0 Å². The van der Waals surface area contributed by atoms with Gasteiger partial charge in [-0.2, -0.15) is 0 Å². The van der Waals surface area contributed by atoms with Crippen LogP contribution in [0.3, 0.4) is 0 Å². The number of carbonyl (C=O) groups is 1. The van der Waals surface area contributed by atoms with Crippen molar-refractivity contribution in [3.05, 3.63) is 24.3 Å². The lowest BCUT2D eigenvalue weighted by atomic mass is 9.97. The molecule has 0 aliphatic carbocycles. The van der Waals surface area contributed by atoms with E-state index < -0.39 is 0 Å². The Morgan fingerprint density at radius 2 is 2.12 bits per heavy atom. The lowest BCUT2D eigenvalue weighted by Crippen LogP contribution is -2.43. The van der Waals surface area contributed by atoms with E-state index in [0.717, 1.165) is 5.69 Å². The van der Waals surface area contributed by atoms with Gasteiger partial charge < -0.3 is 5.32 Å². The Morgan fingerprint density at radius 3 is 2.81 bits per heavy atom. The number of hydrogen-bond acceptors (Lipinski definition) is 3. The standard InChI is InChI=1S/C13H17NOS/c1-9(15)8-12-13(2,3)16-11-7-5-4-6-10(11)14-12/h4-7,12,14H,8H2,1-3H3/t12-/m1/s1. The van der Waals surface area contributed by atoms with Crippen LogP contribution < -0.4 is 5.32 Å². The molecule has 0 bridgehead atoms. The van der Waals surface area contributed by atoms with Crippen LogP contribution in [-0.2, 0) is 4.79 Å². The van der Waals surface area contributed by atoms with Crippen LogP contribution in [0.4, 0.5) is 5.69 Å². The van der Waals surface area contributed by atoms with E-state index in [9.17, 15) is 4.79 Å². The Morgan fingerprint density at radius 1 is 1.44 bits per heavy atom. The molecule has 1 aromatic rings. The highest BCUT2D eigenvalue weighted by molar-refractivity contribution is 8.01. The molecule has 16 heavy (non-hydrogen) atoms. The van der Waals surface area contributed by atoms with Gasteiger partial charge in [-0.25, -0.2) is 0 Å². The van der Waals surface area contributed by atoms with Crippen molar-refractivity contribution in [3.8, 4) is 0 Å². The molecule has 0 spiro atoms. The maximum absolute atomic E-state index is 11.3. The molecule has 2 nitrogen and oxygen atoms in total. The molecular weight excluding hydrogens is 218 g/mol. The largest absolute Gasteiger partial charge is 0.380 e. The van der Waals surface area contributed by atoms with Crippen molar-refractivity contribution in [1.29, 1.82) is 0 Å². The van der Waals surface area contributed by atoms with Crippen molar-refractivity contribution >= 4 is 23.2 Å². The second-order valence-corrected chi connectivity index (χ2v) is 6.50. The summed E-state index contributed by atoms with van der Waals surface area (Å²) >= 11 is 1.85. The van der Waals surface area contributed by atoms with Crippen molar-refractivity contribution in [3.63, 3.8) is 0 Å². The number of ketones is 1. The monoisotopic (exact) mass is 235 g/mol. The van der Waals surface area contributed by atoms with Crippen LogP contribution in [-0.4, -0.2) is 16.6 Å². The first-order valence-electron chi connectivity index (χ1n) is 5.53. The van der Waals surface area contributed by atoms with Gasteiger partial charge in [0, 0.05) is 27.8 Å². The van der Waals surface area contributed by atoms with Gasteiger partial charge >= 0.3 is 0 Å². The molecule has 0 amide bonds. The summed E-state index contributed by atoms with van der Waals surface area (Å²) in [5.41, 5.74) is 1.15. The van der Waals surface area contributed by atoms with Gasteiger partial charge in [-0.05, 0) is 32.9 Å². The molecule has 3 heteroatoms. The summed E-state index contributed by atoms with van der Waals surface area (Å²) < 4.78 is 0.0556. The molecule has 1 heterocycles. The number of carbonyl (C=O) groups excluding carboxylic acids is 1. The van der Waals surface area contributed by atoms with Gasteiger partial charge in [-0.1, -0.05) is 12.1 Å². The Kier molecular flexibility index (Phi) is 2.98.